The van der Waals surface area contributed by atoms with Gasteiger partial charge >= 0.3 is 0 Å². The van der Waals surface area contributed by atoms with E-state index < -0.39 is 0 Å². The molecule has 22 heavy (non-hydrogen) atoms. The van der Waals surface area contributed by atoms with Gasteiger partial charge in [0.1, 0.15) is 0 Å². The second-order valence-corrected chi connectivity index (χ2v) is 5.98. The lowest BCUT2D eigenvalue weighted by atomic mass is 9.99. The summed E-state index contributed by atoms with van der Waals surface area (Å²) in [6.07, 6.45) is 2.94. The maximum absolute atomic E-state index is 11.3. The molecule has 6 heteroatoms. The van der Waals surface area contributed by atoms with E-state index in [4.69, 9.17) is 12.2 Å². The zero-order valence-electron chi connectivity index (χ0n) is 13.1. The molecule has 0 atom stereocenters. The number of amides is 1. The zero-order valence-corrected chi connectivity index (χ0v) is 14.7. The molecule has 122 valence electrons. The van der Waals surface area contributed by atoms with Gasteiger partial charge in [-0.05, 0) is 55.2 Å². The average Bonchev–Trinajstić information content (AvgIpc) is 2.48. The number of rotatable bonds is 3. The number of benzene rings is 1. The Morgan fingerprint density at radius 1 is 1.27 bits per heavy atom. The maximum Gasteiger partial charge on any atom is 0.225 e. The predicted octanol–water partition coefficient (Wildman–Crippen LogP) is 3.57. The number of halogens is 1. The number of carbonyl (C=O) groups excluding carboxylic acids is 1. The molecule has 0 bridgehead atoms. The van der Waals surface area contributed by atoms with Crippen LogP contribution >= 0.6 is 24.6 Å². The van der Waals surface area contributed by atoms with Crippen LogP contribution in [-0.4, -0.2) is 24.1 Å². The predicted molar refractivity (Wildman–Crippen MR) is 99.0 cm³/mol. The highest BCUT2D eigenvalue weighted by molar-refractivity contribution is 7.80. The lowest BCUT2D eigenvalue weighted by molar-refractivity contribution is -0.119. The molecular formula is C16H24ClN3OS. The minimum Gasteiger partial charge on any atom is -0.372 e. The first-order valence-electron chi connectivity index (χ1n) is 7.54. The van der Waals surface area contributed by atoms with E-state index in [1.54, 1.807) is 6.92 Å². The van der Waals surface area contributed by atoms with Crippen molar-refractivity contribution in [3.8, 4) is 0 Å². The van der Waals surface area contributed by atoms with Gasteiger partial charge < -0.3 is 15.5 Å². The number of anilines is 2. The smallest absolute Gasteiger partial charge is 0.225 e. The number of carbonyl (C=O) groups is 1. The van der Waals surface area contributed by atoms with Gasteiger partial charge in [0.15, 0.2) is 5.11 Å². The molecule has 1 aromatic rings. The summed E-state index contributed by atoms with van der Waals surface area (Å²) in [6.45, 7) is 6.36. The number of nitrogens with zero attached hydrogens (tertiary/aromatic N) is 1. The Balaban J connectivity index is 0.00000242. The molecule has 1 saturated heterocycles. The quantitative estimate of drug-likeness (QED) is 0.825. The van der Waals surface area contributed by atoms with E-state index in [2.05, 4.69) is 34.6 Å². The Kier molecular flexibility index (Phi) is 7.62. The zero-order chi connectivity index (χ0) is 15.2. The van der Waals surface area contributed by atoms with E-state index in [1.807, 2.05) is 12.1 Å². The fourth-order valence-corrected chi connectivity index (χ4v) is 2.63. The molecule has 0 aliphatic carbocycles. The minimum atomic E-state index is -0.0773. The maximum atomic E-state index is 11.3. The Morgan fingerprint density at radius 2 is 1.86 bits per heavy atom. The highest BCUT2D eigenvalue weighted by Gasteiger charge is 2.15. The largest absolute Gasteiger partial charge is 0.372 e. The highest BCUT2D eigenvalue weighted by Crippen LogP contribution is 2.24. The normalized spacial score (nSPS) is 14.9. The Hall–Kier alpha value is -1.33. The molecule has 0 aromatic heterocycles. The summed E-state index contributed by atoms with van der Waals surface area (Å²) < 4.78 is 0. The van der Waals surface area contributed by atoms with Gasteiger partial charge in [-0.15, -0.1) is 12.4 Å². The number of hydrogen-bond donors (Lipinski definition) is 2. The van der Waals surface area contributed by atoms with Crippen molar-refractivity contribution in [2.24, 2.45) is 5.92 Å². The monoisotopic (exact) mass is 341 g/mol. The van der Waals surface area contributed by atoms with Crippen molar-refractivity contribution >= 4 is 47.0 Å². The molecule has 0 unspecified atom stereocenters. The number of nitrogens with one attached hydrogen (secondary N) is 2. The lowest BCUT2D eigenvalue weighted by Crippen LogP contribution is -2.33. The van der Waals surface area contributed by atoms with Crippen molar-refractivity contribution in [1.82, 2.24) is 5.32 Å². The van der Waals surface area contributed by atoms with Crippen LogP contribution in [-0.2, 0) is 4.79 Å². The van der Waals surface area contributed by atoms with E-state index in [0.717, 1.165) is 24.7 Å². The lowest BCUT2D eigenvalue weighted by Gasteiger charge is -2.32. The van der Waals surface area contributed by atoms with Crippen LogP contribution in [0.15, 0.2) is 24.3 Å². The van der Waals surface area contributed by atoms with Gasteiger partial charge in [-0.3, -0.25) is 4.79 Å². The van der Waals surface area contributed by atoms with Gasteiger partial charge in [0.2, 0.25) is 5.91 Å². The molecular weight excluding hydrogens is 318 g/mol. The molecule has 1 aliphatic heterocycles. The summed E-state index contributed by atoms with van der Waals surface area (Å²) in [6, 6.07) is 8.20. The van der Waals surface area contributed by atoms with Crippen molar-refractivity contribution < 1.29 is 4.79 Å². The van der Waals surface area contributed by atoms with Gasteiger partial charge in [-0.1, -0.05) is 13.8 Å². The molecule has 1 amide bonds. The van der Waals surface area contributed by atoms with Crippen LogP contribution in [0.2, 0.25) is 0 Å². The average molecular weight is 342 g/mol. The second kappa shape index (κ2) is 8.96. The Labute approximate surface area is 144 Å². The number of hydrogen-bond acceptors (Lipinski definition) is 3. The van der Waals surface area contributed by atoms with Crippen LogP contribution in [0, 0.1) is 5.92 Å². The molecule has 1 aliphatic rings. The van der Waals surface area contributed by atoms with Gasteiger partial charge in [0, 0.05) is 30.9 Å². The Morgan fingerprint density at radius 3 is 2.41 bits per heavy atom. The first-order valence-corrected chi connectivity index (χ1v) is 7.95. The van der Waals surface area contributed by atoms with Crippen LogP contribution in [0.25, 0.3) is 0 Å². The molecule has 1 heterocycles. The van der Waals surface area contributed by atoms with Crippen LogP contribution in [0.1, 0.15) is 33.1 Å². The van der Waals surface area contributed by atoms with Gasteiger partial charge in [-0.2, -0.15) is 0 Å². The van der Waals surface area contributed by atoms with E-state index in [9.17, 15) is 4.79 Å². The molecule has 1 aromatic carbocycles. The van der Waals surface area contributed by atoms with E-state index in [0.29, 0.717) is 11.5 Å². The summed E-state index contributed by atoms with van der Waals surface area (Å²) in [5, 5.41) is 6.01. The molecule has 0 radical (unpaired) electrons. The van der Waals surface area contributed by atoms with Crippen LogP contribution in [0.5, 0.6) is 0 Å². The van der Waals surface area contributed by atoms with Crippen molar-refractivity contribution in [2.75, 3.05) is 23.3 Å². The summed E-state index contributed by atoms with van der Waals surface area (Å²) in [5.74, 6) is 0.758. The van der Waals surface area contributed by atoms with E-state index in [-0.39, 0.29) is 18.3 Å². The first-order chi connectivity index (χ1) is 10.1. The fraction of sp³-hybridized carbons (Fsp3) is 0.500. The second-order valence-electron chi connectivity index (χ2n) is 5.57. The molecule has 4 nitrogen and oxygen atoms in total. The van der Waals surface area contributed by atoms with Gasteiger partial charge in [0.25, 0.3) is 0 Å². The summed E-state index contributed by atoms with van der Waals surface area (Å²) >= 11 is 5.10. The summed E-state index contributed by atoms with van der Waals surface area (Å²) in [5.41, 5.74) is 2.14. The summed E-state index contributed by atoms with van der Waals surface area (Å²) in [7, 11) is 0. The van der Waals surface area contributed by atoms with E-state index in [1.165, 1.54) is 18.5 Å². The topological polar surface area (TPSA) is 44.4 Å². The van der Waals surface area contributed by atoms with Gasteiger partial charge in [-0.25, -0.2) is 0 Å². The Bertz CT molecular complexity index is 499. The van der Waals surface area contributed by atoms with Gasteiger partial charge in [0.05, 0.1) is 0 Å². The standard InChI is InChI=1S/C16H23N3OS.ClH/c1-3-15(20)18-16(21)17-13-4-6-14(7-5-13)19-10-8-12(2)9-11-19;/h4-7,12H,3,8-11H2,1-2H3,(H2,17,18,20,21);1H. The molecule has 2 rings (SSSR count). The fourth-order valence-electron chi connectivity index (χ4n) is 2.40. The van der Waals surface area contributed by atoms with Crippen molar-refractivity contribution in [1.29, 1.82) is 0 Å². The molecule has 0 spiro atoms. The van der Waals surface area contributed by atoms with Crippen LogP contribution in [0.3, 0.4) is 0 Å². The number of thiocarbonyl (C=S) groups is 1. The van der Waals surface area contributed by atoms with Crippen LogP contribution < -0.4 is 15.5 Å². The third kappa shape index (κ3) is 5.46. The minimum absolute atomic E-state index is 0. The first kappa shape index (κ1) is 18.7. The molecule has 0 saturated carbocycles. The van der Waals surface area contributed by atoms with E-state index >= 15 is 0 Å². The molecule has 2 N–H and O–H groups in total. The molecule has 1 fully saturated rings. The SMILES string of the molecule is CCC(=O)NC(=S)Nc1ccc(N2CCC(C)CC2)cc1.Cl. The van der Waals surface area contributed by atoms with Crippen LogP contribution in [0.4, 0.5) is 11.4 Å². The van der Waals surface area contributed by atoms with Crippen molar-refractivity contribution in [3.63, 3.8) is 0 Å². The summed E-state index contributed by atoms with van der Waals surface area (Å²) in [4.78, 5) is 13.7. The highest BCUT2D eigenvalue weighted by atomic mass is 35.5. The third-order valence-electron chi connectivity index (χ3n) is 3.85. The van der Waals surface area contributed by atoms with Crippen molar-refractivity contribution in [2.45, 2.75) is 33.1 Å². The third-order valence-corrected chi connectivity index (χ3v) is 4.05. The van der Waals surface area contributed by atoms with Crippen molar-refractivity contribution in [3.05, 3.63) is 24.3 Å². The number of piperidine rings is 1.